The van der Waals surface area contributed by atoms with Gasteiger partial charge in [-0.15, -0.1) is 0 Å². The Bertz CT molecular complexity index is 1180. The van der Waals surface area contributed by atoms with Crippen molar-refractivity contribution in [2.45, 2.75) is 31.7 Å². The summed E-state index contributed by atoms with van der Waals surface area (Å²) in [7, 11) is 2.93. The Morgan fingerprint density at radius 1 is 1.13 bits per heavy atom. The van der Waals surface area contributed by atoms with Crippen molar-refractivity contribution in [2.75, 3.05) is 14.2 Å². The fraction of sp³-hybridized carbons (Fsp3) is 0.364. The second-order valence-corrected chi connectivity index (χ2v) is 7.46. The molecule has 2 aromatic heterocycles. The van der Waals surface area contributed by atoms with Crippen molar-refractivity contribution in [3.8, 4) is 5.75 Å². The van der Waals surface area contributed by atoms with Crippen molar-refractivity contribution in [2.24, 2.45) is 5.92 Å². The van der Waals surface area contributed by atoms with E-state index in [1.165, 1.54) is 18.6 Å². The number of aromatic nitrogens is 2. The van der Waals surface area contributed by atoms with E-state index in [-0.39, 0.29) is 29.4 Å². The molecule has 8 nitrogen and oxygen atoms in total. The van der Waals surface area contributed by atoms with Crippen molar-refractivity contribution in [3.05, 3.63) is 52.4 Å². The minimum Gasteiger partial charge on any atom is -0.497 e. The highest BCUT2D eigenvalue weighted by atomic mass is 16.5. The number of carbonyl (C=O) groups excluding carboxylic acids is 2. The Morgan fingerprint density at radius 3 is 2.60 bits per heavy atom. The minimum atomic E-state index is -0.283. The Balaban J connectivity index is 1.62. The minimum absolute atomic E-state index is 0.0323. The summed E-state index contributed by atoms with van der Waals surface area (Å²) < 4.78 is 11.4. The van der Waals surface area contributed by atoms with E-state index in [0.717, 1.165) is 0 Å². The van der Waals surface area contributed by atoms with Crippen LogP contribution in [0.4, 0.5) is 0 Å². The van der Waals surface area contributed by atoms with Crippen LogP contribution in [0.2, 0.25) is 0 Å². The fourth-order valence-electron chi connectivity index (χ4n) is 4.01. The van der Waals surface area contributed by atoms with Crippen LogP contribution < -0.4 is 15.6 Å². The third-order valence-electron chi connectivity index (χ3n) is 5.69. The van der Waals surface area contributed by atoms with E-state index in [1.54, 1.807) is 36.5 Å². The summed E-state index contributed by atoms with van der Waals surface area (Å²) in [4.78, 5) is 42.2. The summed E-state index contributed by atoms with van der Waals surface area (Å²) in [5.41, 5.74) is 0.880. The van der Waals surface area contributed by atoms with Crippen molar-refractivity contribution >= 4 is 28.4 Å². The third-order valence-corrected chi connectivity index (χ3v) is 5.69. The molecule has 1 fully saturated rings. The molecule has 0 saturated heterocycles. The number of carbonyl (C=O) groups is 2. The zero-order valence-electron chi connectivity index (χ0n) is 16.9. The molecule has 4 rings (SSSR count). The van der Waals surface area contributed by atoms with Crippen LogP contribution in [0.5, 0.6) is 5.75 Å². The summed E-state index contributed by atoms with van der Waals surface area (Å²) in [6.07, 6.45) is 4.36. The average Bonchev–Trinajstić information content (AvgIpc) is 2.78. The van der Waals surface area contributed by atoms with Crippen molar-refractivity contribution in [3.63, 3.8) is 0 Å². The first-order chi connectivity index (χ1) is 14.5. The summed E-state index contributed by atoms with van der Waals surface area (Å²) in [6.45, 7) is 0. The lowest BCUT2D eigenvalue weighted by Gasteiger charge is -2.27. The van der Waals surface area contributed by atoms with E-state index in [1.807, 2.05) is 0 Å². The smallest absolute Gasteiger partial charge is 0.308 e. The Kier molecular flexibility index (Phi) is 5.39. The van der Waals surface area contributed by atoms with Crippen LogP contribution in [-0.4, -0.2) is 41.5 Å². The number of nitrogens with one attached hydrogen (secondary N) is 1. The number of hydrogen-bond acceptors (Lipinski definition) is 6. The number of ether oxygens (including phenoxy) is 2. The number of hydrogen-bond donors (Lipinski definition) is 1. The summed E-state index contributed by atoms with van der Waals surface area (Å²) >= 11 is 0. The first-order valence-electron chi connectivity index (χ1n) is 9.89. The molecule has 2 heterocycles. The Labute approximate surface area is 172 Å². The first kappa shape index (κ1) is 19.9. The molecule has 0 unspecified atom stereocenters. The SMILES string of the molecule is COC(=O)C1CCC(NC(=O)c2cccn3c(=O)c4cc(OC)ccc4nc23)CC1. The van der Waals surface area contributed by atoms with E-state index in [4.69, 9.17) is 9.47 Å². The highest BCUT2D eigenvalue weighted by molar-refractivity contribution is 6.00. The van der Waals surface area contributed by atoms with Gasteiger partial charge in [-0.25, -0.2) is 4.98 Å². The highest BCUT2D eigenvalue weighted by Gasteiger charge is 2.28. The van der Waals surface area contributed by atoms with Crippen molar-refractivity contribution < 1.29 is 19.1 Å². The number of amides is 1. The molecule has 30 heavy (non-hydrogen) atoms. The standard InChI is InChI=1S/C22H23N3O5/c1-29-15-9-10-18-17(12-15)21(27)25-11-3-4-16(19(25)24-18)20(26)23-14-7-5-13(6-8-14)22(28)30-2/h3-4,9-14H,5-8H2,1-2H3,(H,23,26). The van der Waals surface area contributed by atoms with Gasteiger partial charge in [-0.3, -0.25) is 18.8 Å². The monoisotopic (exact) mass is 409 g/mol. The van der Waals surface area contributed by atoms with Crippen LogP contribution in [0.25, 0.3) is 16.6 Å². The number of benzene rings is 1. The molecular weight excluding hydrogens is 386 g/mol. The molecule has 0 aliphatic heterocycles. The lowest BCUT2D eigenvalue weighted by molar-refractivity contribution is -0.146. The maximum Gasteiger partial charge on any atom is 0.308 e. The lowest BCUT2D eigenvalue weighted by Crippen LogP contribution is -2.39. The van der Waals surface area contributed by atoms with Crippen LogP contribution in [-0.2, 0) is 9.53 Å². The fourth-order valence-corrected chi connectivity index (χ4v) is 4.01. The normalized spacial score (nSPS) is 18.9. The van der Waals surface area contributed by atoms with Gasteiger partial charge < -0.3 is 14.8 Å². The molecular formula is C22H23N3O5. The summed E-state index contributed by atoms with van der Waals surface area (Å²) in [5.74, 6) is -0.0163. The lowest BCUT2D eigenvalue weighted by atomic mass is 9.86. The van der Waals surface area contributed by atoms with E-state index in [9.17, 15) is 14.4 Å². The van der Waals surface area contributed by atoms with Gasteiger partial charge in [-0.2, -0.15) is 0 Å². The molecule has 156 valence electrons. The topological polar surface area (TPSA) is 99.0 Å². The molecule has 1 saturated carbocycles. The predicted octanol–water partition coefficient (Wildman–Crippen LogP) is 2.32. The molecule has 1 N–H and O–H groups in total. The molecule has 1 aliphatic rings. The van der Waals surface area contributed by atoms with Gasteiger partial charge in [0, 0.05) is 12.2 Å². The molecule has 8 heteroatoms. The van der Waals surface area contributed by atoms with E-state index < -0.39 is 0 Å². The van der Waals surface area contributed by atoms with Crippen molar-refractivity contribution in [1.29, 1.82) is 0 Å². The number of methoxy groups -OCH3 is 2. The maximum absolute atomic E-state index is 13.0. The quantitative estimate of drug-likeness (QED) is 0.524. The molecule has 1 aromatic carbocycles. The van der Waals surface area contributed by atoms with Gasteiger partial charge >= 0.3 is 5.97 Å². The van der Waals surface area contributed by atoms with Gasteiger partial charge in [0.2, 0.25) is 0 Å². The Morgan fingerprint density at radius 2 is 1.90 bits per heavy atom. The van der Waals surface area contributed by atoms with Gasteiger partial charge in [-0.05, 0) is 56.0 Å². The molecule has 0 bridgehead atoms. The number of nitrogens with zero attached hydrogens (tertiary/aromatic N) is 2. The highest BCUT2D eigenvalue weighted by Crippen LogP contribution is 2.26. The third kappa shape index (κ3) is 3.60. The van der Waals surface area contributed by atoms with Gasteiger partial charge in [0.15, 0.2) is 5.65 Å². The molecule has 0 atom stereocenters. The Hall–Kier alpha value is -3.42. The van der Waals surface area contributed by atoms with E-state index >= 15 is 0 Å². The zero-order valence-corrected chi connectivity index (χ0v) is 16.9. The first-order valence-corrected chi connectivity index (χ1v) is 9.89. The summed E-state index contributed by atoms with van der Waals surface area (Å²) in [6, 6.07) is 8.36. The van der Waals surface area contributed by atoms with Crippen molar-refractivity contribution in [1.82, 2.24) is 14.7 Å². The summed E-state index contributed by atoms with van der Waals surface area (Å²) in [5, 5.41) is 3.45. The number of fused-ring (bicyclic) bond motifs is 2. The molecule has 0 radical (unpaired) electrons. The van der Waals surface area contributed by atoms with Gasteiger partial charge in [0.05, 0.1) is 36.6 Å². The van der Waals surface area contributed by atoms with Crippen LogP contribution in [0.3, 0.4) is 0 Å². The van der Waals surface area contributed by atoms with Gasteiger partial charge in [0.25, 0.3) is 11.5 Å². The number of rotatable bonds is 4. The van der Waals surface area contributed by atoms with Crippen LogP contribution in [0.1, 0.15) is 36.0 Å². The second-order valence-electron chi connectivity index (χ2n) is 7.46. The zero-order chi connectivity index (χ0) is 21.3. The van der Waals surface area contributed by atoms with Gasteiger partial charge in [-0.1, -0.05) is 0 Å². The molecule has 0 spiro atoms. The average molecular weight is 409 g/mol. The van der Waals surface area contributed by atoms with Crippen LogP contribution in [0.15, 0.2) is 41.3 Å². The molecule has 1 amide bonds. The van der Waals surface area contributed by atoms with E-state index in [2.05, 4.69) is 10.3 Å². The van der Waals surface area contributed by atoms with Gasteiger partial charge in [0.1, 0.15) is 5.75 Å². The van der Waals surface area contributed by atoms with Crippen LogP contribution >= 0.6 is 0 Å². The molecule has 3 aromatic rings. The largest absolute Gasteiger partial charge is 0.497 e. The second kappa shape index (κ2) is 8.14. The predicted molar refractivity (Wildman–Crippen MR) is 111 cm³/mol. The maximum atomic E-state index is 13.0. The number of esters is 1. The van der Waals surface area contributed by atoms with Crippen LogP contribution in [0, 0.1) is 5.92 Å². The van der Waals surface area contributed by atoms with E-state index in [0.29, 0.717) is 53.5 Å². The number of pyridine rings is 1. The molecule has 1 aliphatic carbocycles.